The minimum atomic E-state index is 0.147. The molecule has 2 atom stereocenters. The van der Waals surface area contributed by atoms with E-state index in [1.165, 1.54) is 5.52 Å². The van der Waals surface area contributed by atoms with Crippen LogP contribution in [-0.4, -0.2) is 40.0 Å². The summed E-state index contributed by atoms with van der Waals surface area (Å²) in [6.45, 7) is 6.09. The van der Waals surface area contributed by atoms with Gasteiger partial charge in [0.2, 0.25) is 5.91 Å². The van der Waals surface area contributed by atoms with Crippen molar-refractivity contribution in [3.05, 3.63) is 30.1 Å². The van der Waals surface area contributed by atoms with E-state index in [1.54, 1.807) is 0 Å². The Balaban J connectivity index is 1.44. The molecule has 5 rings (SSSR count). The van der Waals surface area contributed by atoms with Crippen LogP contribution in [0.1, 0.15) is 50.9 Å². The van der Waals surface area contributed by atoms with Gasteiger partial charge in [-0.3, -0.25) is 4.79 Å². The molecule has 0 radical (unpaired) electrons. The van der Waals surface area contributed by atoms with E-state index in [2.05, 4.69) is 39.9 Å². The molecule has 3 aliphatic rings. The SMILES string of the molecule is CCn1c(C2CCCN2C(=O)C2CC23CCNCC3)nc2ccccc21. The van der Waals surface area contributed by atoms with Crippen molar-refractivity contribution in [2.24, 2.45) is 11.3 Å². The zero-order valence-electron chi connectivity index (χ0n) is 15.6. The number of amides is 1. The number of imidazole rings is 1. The number of rotatable bonds is 3. The van der Waals surface area contributed by atoms with Crippen LogP contribution in [0, 0.1) is 11.3 Å². The molecule has 26 heavy (non-hydrogen) atoms. The zero-order valence-corrected chi connectivity index (χ0v) is 15.6. The molecular weight excluding hydrogens is 324 g/mol. The Morgan fingerprint density at radius 2 is 2.12 bits per heavy atom. The first-order valence-corrected chi connectivity index (χ1v) is 10.2. The van der Waals surface area contributed by atoms with E-state index >= 15 is 0 Å². The maximum atomic E-state index is 13.3. The highest BCUT2D eigenvalue weighted by Gasteiger charge is 2.59. The number of nitrogens with zero attached hydrogens (tertiary/aromatic N) is 3. The average molecular weight is 352 g/mol. The predicted octanol–water partition coefficient (Wildman–Crippen LogP) is 3.11. The Hall–Kier alpha value is -1.88. The fraction of sp³-hybridized carbons (Fsp3) is 0.619. The van der Waals surface area contributed by atoms with Crippen molar-refractivity contribution in [1.29, 1.82) is 0 Å². The van der Waals surface area contributed by atoms with Crippen LogP contribution in [0.5, 0.6) is 0 Å². The van der Waals surface area contributed by atoms with Gasteiger partial charge in [-0.15, -0.1) is 0 Å². The quantitative estimate of drug-likeness (QED) is 0.923. The first-order chi connectivity index (χ1) is 12.7. The Labute approximate surface area is 154 Å². The van der Waals surface area contributed by atoms with E-state index in [4.69, 9.17) is 4.98 Å². The molecule has 1 N–H and O–H groups in total. The molecule has 2 saturated heterocycles. The molecule has 138 valence electrons. The number of aryl methyl sites for hydroxylation is 1. The van der Waals surface area contributed by atoms with Gasteiger partial charge in [0.25, 0.3) is 0 Å². The van der Waals surface area contributed by atoms with Gasteiger partial charge in [-0.2, -0.15) is 0 Å². The summed E-state index contributed by atoms with van der Waals surface area (Å²) in [6, 6.07) is 8.48. The number of fused-ring (bicyclic) bond motifs is 1. The fourth-order valence-electron chi connectivity index (χ4n) is 5.35. The molecule has 5 heteroatoms. The van der Waals surface area contributed by atoms with E-state index in [0.717, 1.165) is 69.6 Å². The first-order valence-electron chi connectivity index (χ1n) is 10.2. The van der Waals surface area contributed by atoms with Crippen molar-refractivity contribution in [3.8, 4) is 0 Å². The molecule has 2 aliphatic heterocycles. The fourth-order valence-corrected chi connectivity index (χ4v) is 5.35. The summed E-state index contributed by atoms with van der Waals surface area (Å²) in [5.41, 5.74) is 2.54. The second kappa shape index (κ2) is 6.08. The number of hydrogen-bond donors (Lipinski definition) is 1. The number of aromatic nitrogens is 2. The van der Waals surface area contributed by atoms with Crippen molar-refractivity contribution in [3.63, 3.8) is 0 Å². The number of carbonyl (C=O) groups is 1. The molecule has 1 aliphatic carbocycles. The zero-order chi connectivity index (χ0) is 17.7. The monoisotopic (exact) mass is 352 g/mol. The Morgan fingerprint density at radius 3 is 2.92 bits per heavy atom. The van der Waals surface area contributed by atoms with Gasteiger partial charge >= 0.3 is 0 Å². The summed E-state index contributed by atoms with van der Waals surface area (Å²) in [4.78, 5) is 20.5. The molecule has 2 aromatic rings. The number of hydrogen-bond acceptors (Lipinski definition) is 3. The summed E-state index contributed by atoms with van der Waals surface area (Å²) in [7, 11) is 0. The molecule has 1 amide bonds. The average Bonchev–Trinajstić information content (AvgIpc) is 3.04. The van der Waals surface area contributed by atoms with Crippen molar-refractivity contribution in [2.45, 2.75) is 51.6 Å². The van der Waals surface area contributed by atoms with Crippen LogP contribution in [0.2, 0.25) is 0 Å². The standard InChI is InChI=1S/C21H28N4O/c1-2-24-17-7-4-3-6-16(17)23-19(24)18-8-5-13-25(18)20(26)15-14-21(15)9-11-22-12-10-21/h3-4,6-7,15,18,22H,2,5,8-14H2,1H3. The molecule has 3 fully saturated rings. The molecule has 1 saturated carbocycles. The molecule has 1 aromatic carbocycles. The number of piperidine rings is 1. The van der Waals surface area contributed by atoms with Crippen molar-refractivity contribution < 1.29 is 4.79 Å². The van der Waals surface area contributed by atoms with Gasteiger partial charge in [0, 0.05) is 19.0 Å². The minimum Gasteiger partial charge on any atom is -0.332 e. The Kier molecular flexibility index (Phi) is 3.82. The predicted molar refractivity (Wildman–Crippen MR) is 102 cm³/mol. The summed E-state index contributed by atoms with van der Waals surface area (Å²) < 4.78 is 2.30. The highest BCUT2D eigenvalue weighted by atomic mass is 16.2. The van der Waals surface area contributed by atoms with Crippen molar-refractivity contribution >= 4 is 16.9 Å². The lowest BCUT2D eigenvalue weighted by Gasteiger charge is -2.28. The van der Waals surface area contributed by atoms with Crippen LogP contribution in [-0.2, 0) is 11.3 Å². The van der Waals surface area contributed by atoms with Gasteiger partial charge in [-0.05, 0) is 69.7 Å². The van der Waals surface area contributed by atoms with Gasteiger partial charge in [0.15, 0.2) is 0 Å². The molecule has 3 heterocycles. The van der Waals surface area contributed by atoms with E-state index in [9.17, 15) is 4.79 Å². The Bertz CT molecular complexity index is 836. The first kappa shape index (κ1) is 16.3. The van der Waals surface area contributed by atoms with Gasteiger partial charge in [0.1, 0.15) is 5.82 Å². The number of para-hydroxylation sites is 2. The molecule has 2 unspecified atom stereocenters. The summed E-state index contributed by atoms with van der Waals surface area (Å²) >= 11 is 0. The van der Waals surface area contributed by atoms with E-state index in [1.807, 2.05) is 6.07 Å². The number of likely N-dealkylation sites (tertiary alicyclic amines) is 1. The lowest BCUT2D eigenvalue weighted by atomic mass is 9.91. The third-order valence-corrected chi connectivity index (χ3v) is 6.92. The molecule has 0 bridgehead atoms. The highest BCUT2D eigenvalue weighted by molar-refractivity contribution is 5.83. The van der Waals surface area contributed by atoms with E-state index in [0.29, 0.717) is 11.3 Å². The van der Waals surface area contributed by atoms with Crippen LogP contribution in [0.3, 0.4) is 0 Å². The van der Waals surface area contributed by atoms with Crippen molar-refractivity contribution in [1.82, 2.24) is 19.8 Å². The summed E-state index contributed by atoms with van der Waals surface area (Å²) in [6.07, 6.45) is 5.55. The summed E-state index contributed by atoms with van der Waals surface area (Å²) in [5.74, 6) is 1.73. The number of carbonyl (C=O) groups excluding carboxylic acids is 1. The van der Waals surface area contributed by atoms with Crippen LogP contribution in [0.25, 0.3) is 11.0 Å². The second-order valence-electron chi connectivity index (χ2n) is 8.26. The minimum absolute atomic E-state index is 0.147. The van der Waals surface area contributed by atoms with E-state index < -0.39 is 0 Å². The van der Waals surface area contributed by atoms with Gasteiger partial charge in [0.05, 0.1) is 17.1 Å². The van der Waals surface area contributed by atoms with Gasteiger partial charge in [-0.1, -0.05) is 12.1 Å². The lowest BCUT2D eigenvalue weighted by Crippen LogP contribution is -2.37. The van der Waals surface area contributed by atoms with Gasteiger partial charge in [-0.25, -0.2) is 4.98 Å². The van der Waals surface area contributed by atoms with Crippen LogP contribution >= 0.6 is 0 Å². The smallest absolute Gasteiger partial charge is 0.226 e. The third kappa shape index (κ3) is 2.40. The normalized spacial score (nSPS) is 27.3. The molecule has 1 aromatic heterocycles. The molecule has 5 nitrogen and oxygen atoms in total. The van der Waals surface area contributed by atoms with Crippen LogP contribution in [0.4, 0.5) is 0 Å². The topological polar surface area (TPSA) is 50.2 Å². The number of nitrogens with one attached hydrogen (secondary N) is 1. The molecular formula is C21H28N4O. The third-order valence-electron chi connectivity index (χ3n) is 6.92. The Morgan fingerprint density at radius 1 is 1.31 bits per heavy atom. The van der Waals surface area contributed by atoms with Crippen LogP contribution < -0.4 is 5.32 Å². The maximum Gasteiger partial charge on any atom is 0.226 e. The summed E-state index contributed by atoms with van der Waals surface area (Å²) in [5, 5.41) is 3.44. The van der Waals surface area contributed by atoms with Crippen LogP contribution in [0.15, 0.2) is 24.3 Å². The largest absolute Gasteiger partial charge is 0.332 e. The van der Waals surface area contributed by atoms with Gasteiger partial charge < -0.3 is 14.8 Å². The number of benzene rings is 1. The highest BCUT2D eigenvalue weighted by Crippen LogP contribution is 2.59. The van der Waals surface area contributed by atoms with E-state index in [-0.39, 0.29) is 12.0 Å². The molecule has 1 spiro atoms. The van der Waals surface area contributed by atoms with Crippen molar-refractivity contribution in [2.75, 3.05) is 19.6 Å². The lowest BCUT2D eigenvalue weighted by molar-refractivity contribution is -0.134. The second-order valence-corrected chi connectivity index (χ2v) is 8.26. The maximum absolute atomic E-state index is 13.3.